The van der Waals surface area contributed by atoms with Crippen molar-refractivity contribution < 1.29 is 19.1 Å². The Morgan fingerprint density at radius 3 is 2.58 bits per heavy atom. The van der Waals surface area contributed by atoms with Gasteiger partial charge in [0.2, 0.25) is 5.91 Å². The van der Waals surface area contributed by atoms with Crippen molar-refractivity contribution in [2.45, 2.75) is 12.8 Å². The van der Waals surface area contributed by atoms with Gasteiger partial charge in [-0.2, -0.15) is 0 Å². The first-order chi connectivity index (χ1) is 5.66. The average molecular weight is 171 g/mol. The van der Waals surface area contributed by atoms with Gasteiger partial charge in [-0.25, -0.2) is 4.79 Å². The van der Waals surface area contributed by atoms with Crippen molar-refractivity contribution in [3.8, 4) is 0 Å². The monoisotopic (exact) mass is 171 g/mol. The summed E-state index contributed by atoms with van der Waals surface area (Å²) in [7, 11) is 1.11. The van der Waals surface area contributed by atoms with Crippen LogP contribution in [0.1, 0.15) is 12.8 Å². The molecule has 1 aliphatic rings. The van der Waals surface area contributed by atoms with E-state index in [0.717, 1.165) is 12.0 Å². The molecule has 0 bridgehead atoms. The van der Waals surface area contributed by atoms with Crippen molar-refractivity contribution in [2.24, 2.45) is 0 Å². The molecule has 0 radical (unpaired) electrons. The fourth-order valence-corrected chi connectivity index (χ4v) is 1.06. The van der Waals surface area contributed by atoms with Gasteiger partial charge in [-0.1, -0.05) is 0 Å². The first-order valence-electron chi connectivity index (χ1n) is 3.59. The molecule has 1 rings (SSSR count). The van der Waals surface area contributed by atoms with Crippen molar-refractivity contribution >= 4 is 17.8 Å². The number of ether oxygens (including phenoxy) is 1. The number of likely N-dealkylation sites (tertiary alicyclic amines) is 1. The van der Waals surface area contributed by atoms with Crippen LogP contribution < -0.4 is 0 Å². The topological polar surface area (TPSA) is 63.7 Å². The second-order valence-corrected chi connectivity index (χ2v) is 2.45. The predicted molar refractivity (Wildman–Crippen MR) is 38.0 cm³/mol. The number of imide groups is 1. The maximum absolute atomic E-state index is 11.0. The third-order valence-corrected chi connectivity index (χ3v) is 1.68. The number of hydrogen-bond acceptors (Lipinski definition) is 4. The molecule has 0 spiro atoms. The van der Waals surface area contributed by atoms with E-state index in [9.17, 15) is 14.4 Å². The normalized spacial score (nSPS) is 16.4. The first-order valence-corrected chi connectivity index (χ1v) is 3.59. The second-order valence-electron chi connectivity index (χ2n) is 2.45. The van der Waals surface area contributed by atoms with E-state index in [4.69, 9.17) is 0 Å². The van der Waals surface area contributed by atoms with Crippen molar-refractivity contribution in [2.75, 3.05) is 13.7 Å². The minimum Gasteiger partial charge on any atom is -0.462 e. The lowest BCUT2D eigenvalue weighted by molar-refractivity contribution is -0.160. The highest BCUT2D eigenvalue weighted by atomic mass is 16.5. The third-order valence-electron chi connectivity index (χ3n) is 1.68. The number of hydrogen-bond donors (Lipinski definition) is 0. The van der Waals surface area contributed by atoms with Crippen LogP contribution in [0.3, 0.4) is 0 Å². The van der Waals surface area contributed by atoms with E-state index in [1.165, 1.54) is 0 Å². The summed E-state index contributed by atoms with van der Waals surface area (Å²) in [6.07, 6.45) is 0.963. The summed E-state index contributed by atoms with van der Waals surface area (Å²) in [4.78, 5) is 33.6. The lowest BCUT2D eigenvalue weighted by atomic mass is 10.4. The van der Waals surface area contributed by atoms with E-state index >= 15 is 0 Å². The Balaban J connectivity index is 2.63. The van der Waals surface area contributed by atoms with Gasteiger partial charge in [-0.05, 0) is 6.42 Å². The molecule has 1 saturated heterocycles. The van der Waals surface area contributed by atoms with E-state index in [1.54, 1.807) is 0 Å². The predicted octanol–water partition coefficient (Wildman–Crippen LogP) is -0.692. The summed E-state index contributed by atoms with van der Waals surface area (Å²) in [6.45, 7) is 0.326. The zero-order chi connectivity index (χ0) is 9.14. The molecule has 0 unspecified atom stereocenters. The maximum atomic E-state index is 11.0. The van der Waals surface area contributed by atoms with Crippen LogP contribution in [-0.4, -0.2) is 36.3 Å². The number of esters is 1. The van der Waals surface area contributed by atoms with Gasteiger partial charge in [0, 0.05) is 13.0 Å². The highest BCUT2D eigenvalue weighted by molar-refractivity contribution is 6.35. The van der Waals surface area contributed by atoms with Gasteiger partial charge in [0.15, 0.2) is 0 Å². The van der Waals surface area contributed by atoms with E-state index in [-0.39, 0.29) is 5.91 Å². The van der Waals surface area contributed by atoms with Crippen LogP contribution in [0.5, 0.6) is 0 Å². The number of carbonyl (C=O) groups excluding carboxylic acids is 3. The van der Waals surface area contributed by atoms with Crippen LogP contribution in [0.2, 0.25) is 0 Å². The molecule has 1 aliphatic heterocycles. The summed E-state index contributed by atoms with van der Waals surface area (Å²) in [5.41, 5.74) is 0. The Hall–Kier alpha value is -1.39. The molecule has 2 amide bonds. The molecule has 0 saturated carbocycles. The van der Waals surface area contributed by atoms with Gasteiger partial charge in [0.25, 0.3) is 0 Å². The molecular weight excluding hydrogens is 162 g/mol. The molecule has 5 heteroatoms. The maximum Gasteiger partial charge on any atom is 0.397 e. The zero-order valence-electron chi connectivity index (χ0n) is 6.70. The summed E-state index contributed by atoms with van der Waals surface area (Å²) in [5.74, 6) is -2.14. The number of amides is 2. The summed E-state index contributed by atoms with van der Waals surface area (Å²) < 4.78 is 4.19. The molecule has 0 aromatic rings. The van der Waals surface area contributed by atoms with Gasteiger partial charge in [-0.15, -0.1) is 0 Å². The fraction of sp³-hybridized carbons (Fsp3) is 0.571. The summed E-state index contributed by atoms with van der Waals surface area (Å²) in [6, 6.07) is 0. The lowest BCUT2D eigenvalue weighted by Crippen LogP contribution is -2.37. The molecule has 0 atom stereocenters. The molecule has 0 aromatic carbocycles. The largest absolute Gasteiger partial charge is 0.462 e. The minimum atomic E-state index is -0.981. The third kappa shape index (κ3) is 1.44. The van der Waals surface area contributed by atoms with Gasteiger partial charge in [0.1, 0.15) is 0 Å². The van der Waals surface area contributed by atoms with E-state index in [0.29, 0.717) is 19.4 Å². The molecule has 0 N–H and O–H groups in total. The molecule has 1 heterocycles. The van der Waals surface area contributed by atoms with E-state index in [2.05, 4.69) is 4.74 Å². The fourth-order valence-electron chi connectivity index (χ4n) is 1.06. The Kier molecular flexibility index (Phi) is 2.42. The molecule has 1 fully saturated rings. The quantitative estimate of drug-likeness (QED) is 0.357. The summed E-state index contributed by atoms with van der Waals surface area (Å²) in [5, 5.41) is 0. The number of carbonyl (C=O) groups is 3. The lowest BCUT2D eigenvalue weighted by Gasteiger charge is -2.10. The van der Waals surface area contributed by atoms with Crippen molar-refractivity contribution in [1.82, 2.24) is 4.90 Å². The highest BCUT2D eigenvalue weighted by Crippen LogP contribution is 2.09. The minimum absolute atomic E-state index is 0.301. The van der Waals surface area contributed by atoms with Gasteiger partial charge in [0.05, 0.1) is 7.11 Å². The standard InChI is InChI=1S/C7H9NO4/c1-12-7(11)6(10)8-4-2-3-5(8)9/h2-4H2,1H3. The molecular formula is C7H9NO4. The van der Waals surface area contributed by atoms with Crippen LogP contribution in [0.25, 0.3) is 0 Å². The zero-order valence-corrected chi connectivity index (χ0v) is 6.70. The Morgan fingerprint density at radius 2 is 2.17 bits per heavy atom. The van der Waals surface area contributed by atoms with Gasteiger partial charge in [-0.3, -0.25) is 14.5 Å². The summed E-state index contributed by atoms with van der Waals surface area (Å²) >= 11 is 0. The number of methoxy groups -OCH3 is 1. The molecule has 5 nitrogen and oxygen atoms in total. The van der Waals surface area contributed by atoms with Crippen LogP contribution in [-0.2, 0) is 19.1 Å². The Morgan fingerprint density at radius 1 is 1.50 bits per heavy atom. The van der Waals surface area contributed by atoms with Gasteiger partial charge >= 0.3 is 11.9 Å². The van der Waals surface area contributed by atoms with Crippen LogP contribution >= 0.6 is 0 Å². The number of rotatable bonds is 0. The second kappa shape index (κ2) is 3.34. The Labute approximate surface area is 69.3 Å². The van der Waals surface area contributed by atoms with E-state index < -0.39 is 11.9 Å². The van der Waals surface area contributed by atoms with E-state index in [1.807, 2.05) is 0 Å². The van der Waals surface area contributed by atoms with Crippen LogP contribution in [0.4, 0.5) is 0 Å². The molecule has 66 valence electrons. The van der Waals surface area contributed by atoms with Crippen LogP contribution in [0.15, 0.2) is 0 Å². The molecule has 12 heavy (non-hydrogen) atoms. The average Bonchev–Trinajstić information content (AvgIpc) is 2.48. The Bertz CT molecular complexity index is 236. The highest BCUT2D eigenvalue weighted by Gasteiger charge is 2.31. The number of nitrogens with zero attached hydrogens (tertiary/aromatic N) is 1. The smallest absolute Gasteiger partial charge is 0.397 e. The van der Waals surface area contributed by atoms with Crippen LogP contribution in [0, 0.1) is 0 Å². The molecule has 0 aromatic heterocycles. The van der Waals surface area contributed by atoms with Gasteiger partial charge < -0.3 is 4.74 Å². The van der Waals surface area contributed by atoms with Crippen molar-refractivity contribution in [3.05, 3.63) is 0 Å². The van der Waals surface area contributed by atoms with Crippen molar-refractivity contribution in [3.63, 3.8) is 0 Å². The SMILES string of the molecule is COC(=O)C(=O)N1CCCC1=O. The van der Waals surface area contributed by atoms with Crippen molar-refractivity contribution in [1.29, 1.82) is 0 Å². The first kappa shape index (κ1) is 8.70. The molecule has 0 aliphatic carbocycles.